The van der Waals surface area contributed by atoms with E-state index in [1.165, 1.54) is 6.92 Å². The molecule has 0 unspecified atom stereocenters. The van der Waals surface area contributed by atoms with Crippen molar-refractivity contribution in [2.45, 2.75) is 20.3 Å². The van der Waals surface area contributed by atoms with E-state index in [1.807, 2.05) is 6.92 Å². The number of amides is 1. The Hall–Kier alpha value is -0.860. The van der Waals surface area contributed by atoms with E-state index in [9.17, 15) is 9.59 Å². The Kier molecular flexibility index (Phi) is 3.67. The first-order valence-electron chi connectivity index (χ1n) is 2.93. The smallest absolute Gasteiger partial charge is 0.227 e. The van der Waals surface area contributed by atoms with Gasteiger partial charge < -0.3 is 5.32 Å². The first kappa shape index (κ1) is 8.14. The number of ketones is 1. The summed E-state index contributed by atoms with van der Waals surface area (Å²) in [6.07, 6.45) is 0.00778. The molecule has 0 aromatic carbocycles. The average Bonchev–Trinajstić information content (AvgIpc) is 1.63. The summed E-state index contributed by atoms with van der Waals surface area (Å²) in [5, 5.41) is 2.52. The van der Waals surface area contributed by atoms with Gasteiger partial charge in [0, 0.05) is 6.54 Å². The van der Waals surface area contributed by atoms with Crippen molar-refractivity contribution >= 4 is 11.7 Å². The maximum Gasteiger partial charge on any atom is 0.227 e. The Morgan fingerprint density at radius 3 is 2.33 bits per heavy atom. The number of rotatable bonds is 3. The Morgan fingerprint density at radius 1 is 1.44 bits per heavy atom. The van der Waals surface area contributed by atoms with Crippen LogP contribution in [0.5, 0.6) is 0 Å². The predicted molar refractivity (Wildman–Crippen MR) is 34.0 cm³/mol. The van der Waals surface area contributed by atoms with E-state index in [0.717, 1.165) is 0 Å². The second-order valence-corrected chi connectivity index (χ2v) is 1.83. The molecule has 0 aromatic rings. The molecule has 3 heteroatoms. The second-order valence-electron chi connectivity index (χ2n) is 1.83. The number of hydrogen-bond donors (Lipinski definition) is 1. The van der Waals surface area contributed by atoms with Crippen LogP contribution in [-0.2, 0) is 9.59 Å². The summed E-state index contributed by atoms with van der Waals surface area (Å²) >= 11 is 0. The Balaban J connectivity index is 3.39. The van der Waals surface area contributed by atoms with Crippen molar-refractivity contribution in [1.29, 1.82) is 0 Å². The fourth-order valence-electron chi connectivity index (χ4n) is 0.486. The van der Waals surface area contributed by atoms with Gasteiger partial charge in [-0.05, 0) is 13.8 Å². The fourth-order valence-corrected chi connectivity index (χ4v) is 0.486. The standard InChI is InChI=1S/C6H11NO2/c1-3-7-6(9)4-5(2)8/h3-4H2,1-2H3,(H,7,9). The summed E-state index contributed by atoms with van der Waals surface area (Å²) in [6.45, 7) is 3.80. The number of nitrogens with one attached hydrogen (secondary N) is 1. The van der Waals surface area contributed by atoms with Gasteiger partial charge in [-0.2, -0.15) is 0 Å². The van der Waals surface area contributed by atoms with Crippen LogP contribution in [0.3, 0.4) is 0 Å². The van der Waals surface area contributed by atoms with Crippen LogP contribution in [0.4, 0.5) is 0 Å². The highest BCUT2D eigenvalue weighted by atomic mass is 16.2. The van der Waals surface area contributed by atoms with Crippen molar-refractivity contribution in [3.63, 3.8) is 0 Å². The summed E-state index contributed by atoms with van der Waals surface area (Å²) in [6, 6.07) is 0. The van der Waals surface area contributed by atoms with E-state index in [1.54, 1.807) is 0 Å². The van der Waals surface area contributed by atoms with Crippen LogP contribution in [0.15, 0.2) is 0 Å². The highest BCUT2D eigenvalue weighted by molar-refractivity contribution is 5.96. The van der Waals surface area contributed by atoms with Crippen molar-refractivity contribution in [3.05, 3.63) is 0 Å². The molecule has 0 aliphatic carbocycles. The van der Waals surface area contributed by atoms with Crippen LogP contribution in [-0.4, -0.2) is 18.2 Å². The van der Waals surface area contributed by atoms with Crippen molar-refractivity contribution in [1.82, 2.24) is 5.32 Å². The number of Topliss-reactive ketones (excluding diaryl/α,β-unsaturated/α-hetero) is 1. The zero-order chi connectivity index (χ0) is 7.28. The van der Waals surface area contributed by atoms with Gasteiger partial charge in [-0.25, -0.2) is 0 Å². The van der Waals surface area contributed by atoms with Crippen molar-refractivity contribution < 1.29 is 9.59 Å². The molecular formula is C6H11NO2. The van der Waals surface area contributed by atoms with Gasteiger partial charge in [-0.15, -0.1) is 0 Å². The molecule has 9 heavy (non-hydrogen) atoms. The van der Waals surface area contributed by atoms with Gasteiger partial charge in [-0.1, -0.05) is 0 Å². The third kappa shape index (κ3) is 5.00. The molecule has 1 N–H and O–H groups in total. The topological polar surface area (TPSA) is 46.2 Å². The molecule has 0 atom stereocenters. The van der Waals surface area contributed by atoms with E-state index in [4.69, 9.17) is 0 Å². The van der Waals surface area contributed by atoms with Crippen LogP contribution >= 0.6 is 0 Å². The molecule has 52 valence electrons. The Bertz CT molecular complexity index is 120. The molecule has 0 radical (unpaired) electrons. The van der Waals surface area contributed by atoms with Crippen molar-refractivity contribution in [3.8, 4) is 0 Å². The summed E-state index contributed by atoms with van der Waals surface area (Å²) in [4.78, 5) is 20.8. The largest absolute Gasteiger partial charge is 0.356 e. The minimum absolute atomic E-state index is 0.00778. The zero-order valence-electron chi connectivity index (χ0n) is 5.73. The van der Waals surface area contributed by atoms with E-state index < -0.39 is 0 Å². The Labute approximate surface area is 54.4 Å². The molecule has 0 bridgehead atoms. The molecule has 0 fully saturated rings. The highest BCUT2D eigenvalue weighted by Gasteiger charge is 2.00. The first-order chi connectivity index (χ1) is 4.16. The average molecular weight is 129 g/mol. The summed E-state index contributed by atoms with van der Waals surface area (Å²) in [5.74, 6) is -0.286. The van der Waals surface area contributed by atoms with Gasteiger partial charge in [-0.3, -0.25) is 9.59 Å². The van der Waals surface area contributed by atoms with Gasteiger partial charge in [0.25, 0.3) is 0 Å². The van der Waals surface area contributed by atoms with E-state index >= 15 is 0 Å². The molecule has 0 spiro atoms. The van der Waals surface area contributed by atoms with E-state index in [-0.39, 0.29) is 18.1 Å². The maximum atomic E-state index is 10.5. The van der Waals surface area contributed by atoms with Crippen LogP contribution in [0, 0.1) is 0 Å². The number of carbonyl (C=O) groups excluding carboxylic acids is 2. The molecule has 0 aromatic heterocycles. The van der Waals surface area contributed by atoms with Crippen molar-refractivity contribution in [2.75, 3.05) is 6.54 Å². The lowest BCUT2D eigenvalue weighted by atomic mass is 10.3. The normalized spacial score (nSPS) is 8.67. The van der Waals surface area contributed by atoms with Gasteiger partial charge >= 0.3 is 0 Å². The van der Waals surface area contributed by atoms with E-state index in [2.05, 4.69) is 5.32 Å². The lowest BCUT2D eigenvalue weighted by molar-refractivity contribution is -0.127. The molecule has 0 aliphatic rings. The summed E-state index contributed by atoms with van der Waals surface area (Å²) < 4.78 is 0. The highest BCUT2D eigenvalue weighted by Crippen LogP contribution is 1.79. The van der Waals surface area contributed by atoms with Crippen LogP contribution in [0.2, 0.25) is 0 Å². The molecule has 0 saturated carbocycles. The molecular weight excluding hydrogens is 118 g/mol. The zero-order valence-corrected chi connectivity index (χ0v) is 5.73. The minimum Gasteiger partial charge on any atom is -0.356 e. The summed E-state index contributed by atoms with van der Waals surface area (Å²) in [5.41, 5.74) is 0. The molecule has 0 rings (SSSR count). The third-order valence-corrected chi connectivity index (χ3v) is 0.783. The molecule has 0 aliphatic heterocycles. The summed E-state index contributed by atoms with van der Waals surface area (Å²) in [7, 11) is 0. The number of hydrogen-bond acceptors (Lipinski definition) is 2. The van der Waals surface area contributed by atoms with E-state index in [0.29, 0.717) is 6.54 Å². The van der Waals surface area contributed by atoms with Gasteiger partial charge in [0.2, 0.25) is 5.91 Å². The SMILES string of the molecule is CCNC(=O)CC(C)=O. The Morgan fingerprint density at radius 2 is 2.00 bits per heavy atom. The quantitative estimate of drug-likeness (QED) is 0.549. The van der Waals surface area contributed by atoms with Gasteiger partial charge in [0.05, 0.1) is 6.42 Å². The van der Waals surface area contributed by atoms with Gasteiger partial charge in [0.1, 0.15) is 5.78 Å². The number of carbonyl (C=O) groups is 2. The van der Waals surface area contributed by atoms with Crippen LogP contribution < -0.4 is 5.32 Å². The molecule has 0 saturated heterocycles. The third-order valence-electron chi connectivity index (χ3n) is 0.783. The monoisotopic (exact) mass is 129 g/mol. The molecule has 1 amide bonds. The minimum atomic E-state index is -0.190. The fraction of sp³-hybridized carbons (Fsp3) is 0.667. The molecule has 3 nitrogen and oxygen atoms in total. The lowest BCUT2D eigenvalue weighted by Crippen LogP contribution is -2.24. The lowest BCUT2D eigenvalue weighted by Gasteiger charge is -1.96. The van der Waals surface area contributed by atoms with Crippen LogP contribution in [0.1, 0.15) is 20.3 Å². The first-order valence-corrected chi connectivity index (χ1v) is 2.93. The second kappa shape index (κ2) is 4.06. The molecule has 0 heterocycles. The van der Waals surface area contributed by atoms with Crippen LogP contribution in [0.25, 0.3) is 0 Å². The predicted octanol–water partition coefficient (Wildman–Crippen LogP) is 0.102. The maximum absolute atomic E-state index is 10.5. The van der Waals surface area contributed by atoms with Gasteiger partial charge in [0.15, 0.2) is 0 Å². The van der Waals surface area contributed by atoms with Crippen molar-refractivity contribution in [2.24, 2.45) is 0 Å².